The van der Waals surface area contributed by atoms with E-state index < -0.39 is 36.3 Å². The molecule has 1 aromatic carbocycles. The summed E-state index contributed by atoms with van der Waals surface area (Å²) >= 11 is 0. The number of carbonyl (C=O) groups excluding carboxylic acids is 4. The molecule has 0 radical (unpaired) electrons. The van der Waals surface area contributed by atoms with Crippen molar-refractivity contribution in [3.05, 3.63) is 29.8 Å². The van der Waals surface area contributed by atoms with Gasteiger partial charge in [0.15, 0.2) is 0 Å². The van der Waals surface area contributed by atoms with Crippen LogP contribution < -0.4 is 21.3 Å². The Balaban J connectivity index is 1.44. The summed E-state index contributed by atoms with van der Waals surface area (Å²) in [7, 11) is 6.74. The van der Waals surface area contributed by atoms with E-state index in [1.807, 2.05) is 50.1 Å². The van der Waals surface area contributed by atoms with Gasteiger partial charge >= 0.3 is 0 Å². The zero-order valence-corrected chi connectivity index (χ0v) is 35.0. The maximum absolute atomic E-state index is 14.3. The number of piperidine rings is 1. The van der Waals surface area contributed by atoms with Gasteiger partial charge in [0.1, 0.15) is 6.04 Å². The summed E-state index contributed by atoms with van der Waals surface area (Å²) in [6, 6.07) is 5.91. The Kier molecular flexibility index (Phi) is 16.4. The molecule has 3 unspecified atom stereocenters. The molecule has 1 aliphatic carbocycles. The van der Waals surface area contributed by atoms with Gasteiger partial charge in [-0.25, -0.2) is 0 Å². The zero-order valence-electron chi connectivity index (χ0n) is 35.0. The maximum atomic E-state index is 14.3. The fourth-order valence-electron chi connectivity index (χ4n) is 9.44. The number of benzene rings is 1. The number of likely N-dealkylation sites (N-methyl/N-ethyl adjacent to an activating group) is 1. The normalized spacial score (nSPS) is 25.8. The van der Waals surface area contributed by atoms with E-state index in [9.17, 15) is 24.3 Å². The lowest BCUT2D eigenvalue weighted by molar-refractivity contribution is -0.147. The summed E-state index contributed by atoms with van der Waals surface area (Å²) in [4.78, 5) is 59.2. The van der Waals surface area contributed by atoms with Crippen molar-refractivity contribution >= 4 is 29.3 Å². The SMILES string of the molecule is CC[C@H](C)C([C@@H](CC(=O)N1CCC[C@H]1[C@H](OC)[C@@H](C)C(=O)N[C@H](CO)Cc1cccc(NC)c1)OC)N(C)C(=O)[C@@H](NC(=O)[C@H]1NC2CCC1[C@@H]2C)C(C)C. The van der Waals surface area contributed by atoms with Crippen molar-refractivity contribution in [2.24, 2.45) is 29.6 Å². The topological polar surface area (TPSA) is 162 Å². The third-order valence-electron chi connectivity index (χ3n) is 13.0. The number of amides is 4. The standard InChI is InChI=1S/C42H70N6O7/c1-11-25(4)38(47(8)42(53)36(24(2)3)46-41(52)37-31-17-18-32(45-37)26(31)5)34(54-9)22-35(50)48-19-13-16-33(48)39(55-10)27(6)40(51)44-30(23-49)21-28-14-12-15-29(20-28)43-7/h12,14-15,20,24-27,30-34,36-39,43,45,49H,11,13,16-19,21-23H2,1-10H3,(H,44,51)(H,46,52)/t25-,26-,27+,30-,31?,32?,33-,34+,36-,37-,38?,39+/m0/s1. The molecule has 5 N–H and O–H groups in total. The Morgan fingerprint density at radius 3 is 2.35 bits per heavy atom. The number of nitrogens with one attached hydrogen (secondary N) is 4. The number of anilines is 1. The van der Waals surface area contributed by atoms with Crippen molar-refractivity contribution in [2.75, 3.05) is 46.8 Å². The first-order chi connectivity index (χ1) is 26.2. The predicted molar refractivity (Wildman–Crippen MR) is 214 cm³/mol. The second-order valence-electron chi connectivity index (χ2n) is 16.7. The molecule has 4 amide bonds. The predicted octanol–water partition coefficient (Wildman–Crippen LogP) is 3.20. The smallest absolute Gasteiger partial charge is 0.245 e. The summed E-state index contributed by atoms with van der Waals surface area (Å²) in [5.41, 5.74) is 1.93. The van der Waals surface area contributed by atoms with Gasteiger partial charge in [0, 0.05) is 46.6 Å². The molecular weight excluding hydrogens is 700 g/mol. The van der Waals surface area contributed by atoms with Crippen LogP contribution in [0.2, 0.25) is 0 Å². The molecule has 55 heavy (non-hydrogen) atoms. The Hall–Kier alpha value is -3.26. The monoisotopic (exact) mass is 771 g/mol. The van der Waals surface area contributed by atoms with Crippen molar-refractivity contribution in [3.8, 4) is 0 Å². The largest absolute Gasteiger partial charge is 0.394 e. The molecule has 0 aromatic heterocycles. The fourth-order valence-corrected chi connectivity index (χ4v) is 9.44. The number of hydrogen-bond acceptors (Lipinski definition) is 9. The lowest BCUT2D eigenvalue weighted by Gasteiger charge is -2.41. The minimum atomic E-state index is -0.726. The second-order valence-corrected chi connectivity index (χ2v) is 16.7. The lowest BCUT2D eigenvalue weighted by Crippen LogP contribution is -2.60. The van der Waals surface area contributed by atoms with E-state index in [0.29, 0.717) is 31.3 Å². The molecule has 3 aliphatic rings. The third kappa shape index (κ3) is 10.4. The minimum Gasteiger partial charge on any atom is -0.394 e. The number of nitrogens with zero attached hydrogens (tertiary/aromatic N) is 2. The molecule has 13 heteroatoms. The van der Waals surface area contributed by atoms with Crippen LogP contribution in [0.15, 0.2) is 24.3 Å². The van der Waals surface area contributed by atoms with Crippen LogP contribution in [0.5, 0.6) is 0 Å². The fraction of sp³-hybridized carbons (Fsp3) is 0.762. The first kappa shape index (κ1) is 44.5. The molecular formula is C42H70N6O7. The summed E-state index contributed by atoms with van der Waals surface area (Å²) in [5.74, 6) is -0.745. The molecule has 310 valence electrons. The van der Waals surface area contributed by atoms with Crippen molar-refractivity contribution in [1.82, 2.24) is 25.8 Å². The van der Waals surface area contributed by atoms with Gasteiger partial charge in [0.25, 0.3) is 0 Å². The van der Waals surface area contributed by atoms with Gasteiger partial charge in [-0.1, -0.05) is 60.1 Å². The highest BCUT2D eigenvalue weighted by atomic mass is 16.5. The minimum absolute atomic E-state index is 0.00621. The van der Waals surface area contributed by atoms with E-state index in [4.69, 9.17) is 9.47 Å². The van der Waals surface area contributed by atoms with Crippen LogP contribution in [-0.4, -0.2) is 128 Å². The number of methoxy groups -OCH3 is 2. The summed E-state index contributed by atoms with van der Waals surface area (Å²) in [6.07, 6.45) is 3.62. The molecule has 13 nitrogen and oxygen atoms in total. The van der Waals surface area contributed by atoms with Crippen LogP contribution in [0.3, 0.4) is 0 Å². The van der Waals surface area contributed by atoms with Crippen molar-refractivity contribution < 1.29 is 33.8 Å². The lowest BCUT2D eigenvalue weighted by atomic mass is 9.89. The number of aliphatic hydroxyl groups is 1. The van der Waals surface area contributed by atoms with Crippen molar-refractivity contribution in [2.45, 2.75) is 135 Å². The Morgan fingerprint density at radius 2 is 1.78 bits per heavy atom. The van der Waals surface area contributed by atoms with Gasteiger partial charge in [-0.3, -0.25) is 19.2 Å². The first-order valence-electron chi connectivity index (χ1n) is 20.6. The number of hydrogen-bond donors (Lipinski definition) is 5. The van der Waals surface area contributed by atoms with E-state index in [1.165, 1.54) is 0 Å². The molecule has 2 bridgehead atoms. The molecule has 3 fully saturated rings. The van der Waals surface area contributed by atoms with E-state index in [-0.39, 0.29) is 66.5 Å². The number of rotatable bonds is 20. The highest BCUT2D eigenvalue weighted by Gasteiger charge is 2.49. The van der Waals surface area contributed by atoms with Crippen LogP contribution in [0, 0.1) is 29.6 Å². The second kappa shape index (κ2) is 20.2. The number of aliphatic hydroxyl groups excluding tert-OH is 1. The van der Waals surface area contributed by atoms with Crippen LogP contribution in [-0.2, 0) is 35.1 Å². The molecule has 2 heterocycles. The summed E-state index contributed by atoms with van der Waals surface area (Å²) in [6.45, 7) is 12.3. The number of likely N-dealkylation sites (tertiary alicyclic amines) is 1. The van der Waals surface area contributed by atoms with Gasteiger partial charge in [-0.05, 0) is 73.5 Å². The number of carbonyl (C=O) groups is 4. The molecule has 12 atom stereocenters. The van der Waals surface area contributed by atoms with Crippen molar-refractivity contribution in [1.29, 1.82) is 0 Å². The van der Waals surface area contributed by atoms with E-state index >= 15 is 0 Å². The Labute approximate surface area is 329 Å². The number of ether oxygens (including phenoxy) is 2. The van der Waals surface area contributed by atoms with Crippen LogP contribution >= 0.6 is 0 Å². The Morgan fingerprint density at radius 1 is 1.05 bits per heavy atom. The van der Waals surface area contributed by atoms with Gasteiger partial charge in [0.2, 0.25) is 23.6 Å². The third-order valence-corrected chi connectivity index (χ3v) is 13.0. The van der Waals surface area contributed by atoms with Crippen LogP contribution in [0.25, 0.3) is 0 Å². The molecule has 1 saturated carbocycles. The Bertz CT molecular complexity index is 1440. The first-order valence-corrected chi connectivity index (χ1v) is 20.6. The average molecular weight is 771 g/mol. The summed E-state index contributed by atoms with van der Waals surface area (Å²) in [5, 5.41) is 22.9. The zero-order chi connectivity index (χ0) is 40.6. The average Bonchev–Trinajstić information content (AvgIpc) is 3.90. The van der Waals surface area contributed by atoms with E-state index in [2.05, 4.69) is 42.0 Å². The van der Waals surface area contributed by atoms with Gasteiger partial charge in [0.05, 0.1) is 55.3 Å². The van der Waals surface area contributed by atoms with Crippen LogP contribution in [0.1, 0.15) is 85.6 Å². The quantitative estimate of drug-likeness (QED) is 0.134. The number of fused-ring (bicyclic) bond motifs is 2. The highest BCUT2D eigenvalue weighted by molar-refractivity contribution is 5.90. The van der Waals surface area contributed by atoms with E-state index in [0.717, 1.165) is 36.9 Å². The molecule has 2 saturated heterocycles. The maximum Gasteiger partial charge on any atom is 0.245 e. The highest BCUT2D eigenvalue weighted by Crippen LogP contribution is 2.40. The molecule has 4 rings (SSSR count). The van der Waals surface area contributed by atoms with Crippen LogP contribution in [0.4, 0.5) is 5.69 Å². The summed E-state index contributed by atoms with van der Waals surface area (Å²) < 4.78 is 12.0. The van der Waals surface area contributed by atoms with Crippen molar-refractivity contribution in [3.63, 3.8) is 0 Å². The van der Waals surface area contributed by atoms with Gasteiger partial charge < -0.3 is 45.6 Å². The molecule has 2 aliphatic heterocycles. The van der Waals surface area contributed by atoms with E-state index in [1.54, 1.807) is 33.1 Å². The molecule has 0 spiro atoms. The molecule has 1 aromatic rings. The van der Waals surface area contributed by atoms with Gasteiger partial charge in [-0.15, -0.1) is 0 Å². The van der Waals surface area contributed by atoms with Gasteiger partial charge in [-0.2, -0.15) is 0 Å².